The van der Waals surface area contributed by atoms with Gasteiger partial charge < -0.3 is 9.47 Å². The minimum Gasteiger partial charge on any atom is -0.494 e. The van der Waals surface area contributed by atoms with Gasteiger partial charge in [-0.1, -0.05) is 6.07 Å². The van der Waals surface area contributed by atoms with Crippen LogP contribution in [0.5, 0.6) is 5.75 Å². The van der Waals surface area contributed by atoms with Gasteiger partial charge in [0.1, 0.15) is 5.75 Å². The van der Waals surface area contributed by atoms with Crippen LogP contribution < -0.4 is 4.74 Å². The lowest BCUT2D eigenvalue weighted by molar-refractivity contribution is 0.0600. The fourth-order valence-electron chi connectivity index (χ4n) is 0.997. The standard InChI is InChI=1S/C10H12O3/c1-3-13-9-6-4-5-8(7-9)10(11)12-2/h4-7H,3H2,1-2H3. The van der Waals surface area contributed by atoms with Gasteiger partial charge in [0.15, 0.2) is 0 Å². The Kier molecular flexibility index (Phi) is 3.31. The van der Waals surface area contributed by atoms with Crippen LogP contribution >= 0.6 is 0 Å². The molecular formula is C10H12O3. The molecule has 13 heavy (non-hydrogen) atoms. The summed E-state index contributed by atoms with van der Waals surface area (Å²) in [7, 11) is 1.36. The van der Waals surface area contributed by atoms with Gasteiger partial charge in [-0.05, 0) is 25.1 Å². The van der Waals surface area contributed by atoms with Crippen molar-refractivity contribution < 1.29 is 14.3 Å². The average molecular weight is 180 g/mol. The molecule has 0 spiro atoms. The highest BCUT2D eigenvalue weighted by molar-refractivity contribution is 5.89. The predicted molar refractivity (Wildman–Crippen MR) is 49.0 cm³/mol. The molecule has 1 aromatic rings. The molecule has 3 heteroatoms. The predicted octanol–water partition coefficient (Wildman–Crippen LogP) is 1.87. The first-order valence-electron chi connectivity index (χ1n) is 4.09. The van der Waals surface area contributed by atoms with Crippen molar-refractivity contribution in [1.29, 1.82) is 0 Å². The molecule has 0 aliphatic carbocycles. The van der Waals surface area contributed by atoms with Crippen LogP contribution in [0.4, 0.5) is 0 Å². The van der Waals surface area contributed by atoms with Crippen LogP contribution in [0.2, 0.25) is 0 Å². The first-order chi connectivity index (χ1) is 6.27. The lowest BCUT2D eigenvalue weighted by atomic mass is 10.2. The van der Waals surface area contributed by atoms with Crippen molar-refractivity contribution in [1.82, 2.24) is 0 Å². The van der Waals surface area contributed by atoms with Crippen molar-refractivity contribution in [2.45, 2.75) is 6.92 Å². The van der Waals surface area contributed by atoms with Gasteiger partial charge in [0.25, 0.3) is 0 Å². The zero-order chi connectivity index (χ0) is 9.68. The molecule has 0 saturated heterocycles. The van der Waals surface area contributed by atoms with Crippen LogP contribution in [0.1, 0.15) is 17.3 Å². The minimum atomic E-state index is -0.346. The van der Waals surface area contributed by atoms with Gasteiger partial charge in [0.05, 0.1) is 19.3 Å². The molecule has 3 nitrogen and oxygen atoms in total. The third-order valence-corrected chi connectivity index (χ3v) is 1.57. The number of benzene rings is 1. The van der Waals surface area contributed by atoms with E-state index in [0.717, 1.165) is 0 Å². The highest BCUT2D eigenvalue weighted by Crippen LogP contribution is 2.13. The van der Waals surface area contributed by atoms with Crippen molar-refractivity contribution in [2.24, 2.45) is 0 Å². The van der Waals surface area contributed by atoms with Gasteiger partial charge in [0, 0.05) is 0 Å². The molecule has 1 aromatic carbocycles. The monoisotopic (exact) mass is 180 g/mol. The number of esters is 1. The maximum atomic E-state index is 11.1. The molecule has 1 rings (SSSR count). The summed E-state index contributed by atoms with van der Waals surface area (Å²) in [5.74, 6) is 0.340. The number of rotatable bonds is 3. The molecule has 0 radical (unpaired) electrons. The summed E-state index contributed by atoms with van der Waals surface area (Å²) in [6.07, 6.45) is 0. The smallest absolute Gasteiger partial charge is 0.337 e. The van der Waals surface area contributed by atoms with Gasteiger partial charge in [-0.3, -0.25) is 0 Å². The van der Waals surface area contributed by atoms with E-state index in [-0.39, 0.29) is 5.97 Å². The quantitative estimate of drug-likeness (QED) is 0.666. The largest absolute Gasteiger partial charge is 0.494 e. The Labute approximate surface area is 77.3 Å². The van der Waals surface area contributed by atoms with E-state index in [4.69, 9.17) is 4.74 Å². The number of hydrogen-bond acceptors (Lipinski definition) is 3. The molecule has 0 atom stereocenters. The Morgan fingerprint density at radius 3 is 2.85 bits per heavy atom. The Hall–Kier alpha value is -1.51. The van der Waals surface area contributed by atoms with Gasteiger partial charge in [0.2, 0.25) is 0 Å². The fraction of sp³-hybridized carbons (Fsp3) is 0.300. The van der Waals surface area contributed by atoms with Gasteiger partial charge in [-0.2, -0.15) is 0 Å². The minimum absolute atomic E-state index is 0.346. The Morgan fingerprint density at radius 2 is 2.23 bits per heavy atom. The van der Waals surface area contributed by atoms with E-state index in [2.05, 4.69) is 4.74 Å². The van der Waals surface area contributed by atoms with E-state index in [1.165, 1.54) is 7.11 Å². The topological polar surface area (TPSA) is 35.5 Å². The molecule has 0 unspecified atom stereocenters. The van der Waals surface area contributed by atoms with Gasteiger partial charge in [-0.15, -0.1) is 0 Å². The highest BCUT2D eigenvalue weighted by Gasteiger charge is 2.05. The number of methoxy groups -OCH3 is 1. The van der Waals surface area contributed by atoms with Gasteiger partial charge >= 0.3 is 5.97 Å². The molecule has 70 valence electrons. The molecule has 0 amide bonds. The van der Waals surface area contributed by atoms with Crippen molar-refractivity contribution in [2.75, 3.05) is 13.7 Å². The van der Waals surface area contributed by atoms with Crippen LogP contribution in [-0.2, 0) is 4.74 Å². The normalized spacial score (nSPS) is 9.38. The Balaban J connectivity index is 2.85. The van der Waals surface area contributed by atoms with Crippen LogP contribution in [0, 0.1) is 0 Å². The Bertz CT molecular complexity index is 294. The van der Waals surface area contributed by atoms with E-state index in [1.807, 2.05) is 6.92 Å². The van der Waals surface area contributed by atoms with E-state index in [0.29, 0.717) is 17.9 Å². The van der Waals surface area contributed by atoms with E-state index in [1.54, 1.807) is 24.3 Å². The van der Waals surface area contributed by atoms with Crippen LogP contribution in [-0.4, -0.2) is 19.7 Å². The lowest BCUT2D eigenvalue weighted by Crippen LogP contribution is -2.01. The van der Waals surface area contributed by atoms with Crippen LogP contribution in [0.15, 0.2) is 24.3 Å². The third kappa shape index (κ3) is 2.47. The maximum absolute atomic E-state index is 11.1. The molecule has 0 aliphatic rings. The second-order valence-electron chi connectivity index (χ2n) is 2.45. The van der Waals surface area contributed by atoms with E-state index < -0.39 is 0 Å². The van der Waals surface area contributed by atoms with Crippen LogP contribution in [0.25, 0.3) is 0 Å². The third-order valence-electron chi connectivity index (χ3n) is 1.57. The summed E-state index contributed by atoms with van der Waals surface area (Å²) in [5, 5.41) is 0. The second-order valence-corrected chi connectivity index (χ2v) is 2.45. The summed E-state index contributed by atoms with van der Waals surface area (Å²) < 4.78 is 9.81. The zero-order valence-corrected chi connectivity index (χ0v) is 7.74. The number of hydrogen-bond donors (Lipinski definition) is 0. The van der Waals surface area contributed by atoms with Crippen molar-refractivity contribution in [3.63, 3.8) is 0 Å². The summed E-state index contributed by atoms with van der Waals surface area (Å²) in [5.41, 5.74) is 0.508. The molecule has 0 aromatic heterocycles. The zero-order valence-electron chi connectivity index (χ0n) is 7.74. The average Bonchev–Trinajstić information content (AvgIpc) is 2.18. The summed E-state index contributed by atoms with van der Waals surface area (Å²) in [4.78, 5) is 11.1. The van der Waals surface area contributed by atoms with Crippen molar-refractivity contribution in [3.05, 3.63) is 29.8 Å². The number of ether oxygens (including phenoxy) is 2. The van der Waals surface area contributed by atoms with Crippen molar-refractivity contribution >= 4 is 5.97 Å². The molecular weight excluding hydrogens is 168 g/mol. The number of carbonyl (C=O) groups is 1. The molecule has 0 fully saturated rings. The van der Waals surface area contributed by atoms with E-state index in [9.17, 15) is 4.79 Å². The fourth-order valence-corrected chi connectivity index (χ4v) is 0.997. The van der Waals surface area contributed by atoms with Crippen molar-refractivity contribution in [3.8, 4) is 5.75 Å². The lowest BCUT2D eigenvalue weighted by Gasteiger charge is -2.04. The van der Waals surface area contributed by atoms with Crippen LogP contribution in [0.3, 0.4) is 0 Å². The summed E-state index contributed by atoms with van der Waals surface area (Å²) >= 11 is 0. The summed E-state index contributed by atoms with van der Waals surface area (Å²) in [6.45, 7) is 2.48. The molecule has 0 saturated carbocycles. The first kappa shape index (κ1) is 9.58. The first-order valence-corrected chi connectivity index (χ1v) is 4.09. The summed E-state index contributed by atoms with van der Waals surface area (Å²) in [6, 6.07) is 6.91. The highest BCUT2D eigenvalue weighted by atomic mass is 16.5. The maximum Gasteiger partial charge on any atom is 0.337 e. The molecule has 0 bridgehead atoms. The van der Waals surface area contributed by atoms with Gasteiger partial charge in [-0.25, -0.2) is 4.79 Å². The van der Waals surface area contributed by atoms with E-state index >= 15 is 0 Å². The molecule has 0 aliphatic heterocycles. The second kappa shape index (κ2) is 4.50. The number of carbonyl (C=O) groups excluding carboxylic acids is 1. The Morgan fingerprint density at radius 1 is 1.46 bits per heavy atom. The molecule has 0 N–H and O–H groups in total. The SMILES string of the molecule is CCOc1cccc(C(=O)OC)c1. The molecule has 0 heterocycles.